The maximum atomic E-state index is 12.8. The summed E-state index contributed by atoms with van der Waals surface area (Å²) in [5.41, 5.74) is 4.01. The first kappa shape index (κ1) is 19.1. The highest BCUT2D eigenvalue weighted by Crippen LogP contribution is 2.37. The van der Waals surface area contributed by atoms with Crippen LogP contribution < -0.4 is 4.90 Å². The number of carbonyl (C=O) groups excluding carboxylic acids is 2. The molecule has 1 amide bonds. The van der Waals surface area contributed by atoms with Gasteiger partial charge in [0.25, 0.3) is 5.91 Å². The summed E-state index contributed by atoms with van der Waals surface area (Å²) in [5.74, 6) is -0.596. The Morgan fingerprint density at radius 2 is 1.89 bits per heavy atom. The summed E-state index contributed by atoms with van der Waals surface area (Å²) < 4.78 is 5.38. The number of ether oxygens (including phenoxy) is 1. The lowest BCUT2D eigenvalue weighted by atomic mass is 9.90. The van der Waals surface area contributed by atoms with Crippen LogP contribution in [0, 0.1) is 0 Å². The normalized spacial score (nSPS) is 18.6. The van der Waals surface area contributed by atoms with Gasteiger partial charge in [-0.1, -0.05) is 25.1 Å². The van der Waals surface area contributed by atoms with Crippen LogP contribution in [-0.4, -0.2) is 30.3 Å². The lowest BCUT2D eigenvalue weighted by Crippen LogP contribution is -2.35. The molecule has 0 fully saturated rings. The van der Waals surface area contributed by atoms with Crippen LogP contribution in [0.4, 0.5) is 5.69 Å². The number of esters is 1. The van der Waals surface area contributed by atoms with Crippen LogP contribution in [0.25, 0.3) is 0 Å². The molecule has 2 aromatic carbocycles. The lowest BCUT2D eigenvalue weighted by molar-refractivity contribution is -0.121. The monoisotopic (exact) mass is 395 g/mol. The third kappa shape index (κ3) is 4.09. The number of aryl methyl sites for hydroxylation is 2. The maximum Gasteiger partial charge on any atom is 0.338 e. The molecule has 0 N–H and O–H groups in total. The molecule has 0 unspecified atom stereocenters. The zero-order valence-corrected chi connectivity index (χ0v) is 17.0. The predicted molar refractivity (Wildman–Crippen MR) is 112 cm³/mol. The molecule has 28 heavy (non-hydrogen) atoms. The number of thioether (sulfide) groups is 1. The molecular weight excluding hydrogens is 370 g/mol. The van der Waals surface area contributed by atoms with Crippen LogP contribution in [0.5, 0.6) is 0 Å². The molecule has 2 aliphatic rings. The van der Waals surface area contributed by atoms with E-state index in [9.17, 15) is 9.59 Å². The van der Waals surface area contributed by atoms with Gasteiger partial charge in [-0.05, 0) is 67.5 Å². The van der Waals surface area contributed by atoms with E-state index in [-0.39, 0.29) is 12.5 Å². The van der Waals surface area contributed by atoms with Crippen molar-refractivity contribution in [2.24, 2.45) is 0 Å². The fourth-order valence-electron chi connectivity index (χ4n) is 3.89. The van der Waals surface area contributed by atoms with Gasteiger partial charge in [-0.3, -0.25) is 4.79 Å². The lowest BCUT2D eigenvalue weighted by Gasteiger charge is -2.22. The van der Waals surface area contributed by atoms with Crippen molar-refractivity contribution in [1.29, 1.82) is 0 Å². The Morgan fingerprint density at radius 1 is 1.11 bits per heavy atom. The average Bonchev–Trinajstić information content (AvgIpc) is 2.89. The van der Waals surface area contributed by atoms with Crippen LogP contribution in [0.15, 0.2) is 47.4 Å². The molecule has 146 valence electrons. The fourth-order valence-corrected chi connectivity index (χ4v) is 5.01. The first-order valence-corrected chi connectivity index (χ1v) is 10.8. The Hall–Kier alpha value is -2.27. The molecule has 0 bridgehead atoms. The molecule has 1 aliphatic heterocycles. The van der Waals surface area contributed by atoms with Gasteiger partial charge in [-0.15, -0.1) is 11.8 Å². The van der Waals surface area contributed by atoms with Gasteiger partial charge in [0.2, 0.25) is 0 Å². The summed E-state index contributed by atoms with van der Waals surface area (Å²) in [6.07, 6.45) is 5.36. The summed E-state index contributed by atoms with van der Waals surface area (Å²) in [6.45, 7) is 2.58. The molecule has 1 atom stereocenters. The number of carbonyl (C=O) groups is 2. The second kappa shape index (κ2) is 8.39. The number of hydrogen-bond donors (Lipinski definition) is 0. The van der Waals surface area contributed by atoms with Crippen molar-refractivity contribution in [3.63, 3.8) is 0 Å². The minimum atomic E-state index is -0.424. The number of anilines is 1. The van der Waals surface area contributed by atoms with Gasteiger partial charge in [0, 0.05) is 16.7 Å². The Balaban J connectivity index is 1.43. The third-order valence-corrected chi connectivity index (χ3v) is 6.69. The van der Waals surface area contributed by atoms with Crippen molar-refractivity contribution in [3.8, 4) is 0 Å². The predicted octanol–water partition coefficient (Wildman–Crippen LogP) is 4.64. The summed E-state index contributed by atoms with van der Waals surface area (Å²) >= 11 is 1.79. The first-order chi connectivity index (χ1) is 13.6. The molecule has 1 aliphatic carbocycles. The van der Waals surface area contributed by atoms with Gasteiger partial charge in [0.05, 0.1) is 11.3 Å². The number of fused-ring (bicyclic) bond motifs is 2. The van der Waals surface area contributed by atoms with Crippen LogP contribution in [0.3, 0.4) is 0 Å². The summed E-state index contributed by atoms with van der Waals surface area (Å²) in [5, 5.41) is 0.442. The summed E-state index contributed by atoms with van der Waals surface area (Å²) in [4.78, 5) is 28.2. The van der Waals surface area contributed by atoms with Crippen LogP contribution in [0.2, 0.25) is 0 Å². The standard InChI is InChI=1S/C23H25NO3S/c1-16-12-13-24(20-8-4-5-9-21(20)28-16)22(25)15-27-23(26)19-11-10-17-6-2-3-7-18(17)14-19/h4-5,8-11,14,16H,2-3,6-7,12-13,15H2,1H3/t16-/m0/s1. The summed E-state index contributed by atoms with van der Waals surface area (Å²) in [7, 11) is 0. The van der Waals surface area contributed by atoms with Crippen LogP contribution in [0.1, 0.15) is 47.7 Å². The van der Waals surface area contributed by atoms with E-state index >= 15 is 0 Å². The van der Waals surface area contributed by atoms with E-state index in [0.29, 0.717) is 17.4 Å². The van der Waals surface area contributed by atoms with Crippen LogP contribution in [-0.2, 0) is 22.4 Å². The fraction of sp³-hybridized carbons (Fsp3) is 0.391. The minimum absolute atomic E-state index is 0.173. The molecule has 0 saturated heterocycles. The molecule has 0 saturated carbocycles. The zero-order chi connectivity index (χ0) is 19.5. The van der Waals surface area contributed by atoms with Crippen molar-refractivity contribution >= 4 is 29.3 Å². The van der Waals surface area contributed by atoms with Crippen molar-refractivity contribution in [3.05, 3.63) is 59.2 Å². The van der Waals surface area contributed by atoms with Gasteiger partial charge in [-0.25, -0.2) is 4.79 Å². The molecule has 5 heteroatoms. The molecule has 4 nitrogen and oxygen atoms in total. The molecule has 0 spiro atoms. The van der Waals surface area contributed by atoms with E-state index in [1.807, 2.05) is 42.5 Å². The number of nitrogens with zero attached hydrogens (tertiary/aromatic N) is 1. The molecule has 1 heterocycles. The zero-order valence-electron chi connectivity index (χ0n) is 16.1. The van der Waals surface area contributed by atoms with E-state index in [2.05, 4.69) is 6.92 Å². The Morgan fingerprint density at radius 3 is 2.75 bits per heavy atom. The Kier molecular flexibility index (Phi) is 5.72. The average molecular weight is 396 g/mol. The van der Waals surface area contributed by atoms with Gasteiger partial charge in [0.1, 0.15) is 0 Å². The Labute approximate surface area is 170 Å². The van der Waals surface area contributed by atoms with Gasteiger partial charge >= 0.3 is 5.97 Å². The number of rotatable bonds is 3. The molecular formula is C23H25NO3S. The highest BCUT2D eigenvalue weighted by Gasteiger charge is 2.25. The second-order valence-corrected chi connectivity index (χ2v) is 8.98. The number of amides is 1. The van der Waals surface area contributed by atoms with E-state index in [1.165, 1.54) is 17.5 Å². The van der Waals surface area contributed by atoms with E-state index in [1.54, 1.807) is 16.7 Å². The summed E-state index contributed by atoms with van der Waals surface area (Å²) in [6, 6.07) is 13.7. The molecule has 0 aromatic heterocycles. The second-order valence-electron chi connectivity index (χ2n) is 7.50. The van der Waals surface area contributed by atoms with E-state index < -0.39 is 5.97 Å². The van der Waals surface area contributed by atoms with Crippen LogP contribution >= 0.6 is 11.8 Å². The van der Waals surface area contributed by atoms with E-state index in [0.717, 1.165) is 36.3 Å². The number of benzene rings is 2. The van der Waals surface area contributed by atoms with Crippen molar-refractivity contribution in [2.45, 2.75) is 49.2 Å². The van der Waals surface area contributed by atoms with Gasteiger partial charge in [0.15, 0.2) is 6.61 Å². The minimum Gasteiger partial charge on any atom is -0.452 e. The largest absolute Gasteiger partial charge is 0.452 e. The highest BCUT2D eigenvalue weighted by molar-refractivity contribution is 8.00. The SMILES string of the molecule is C[C@H]1CCN(C(=O)COC(=O)c2ccc3c(c2)CCCC3)c2ccccc2S1. The topological polar surface area (TPSA) is 46.6 Å². The van der Waals surface area contributed by atoms with Crippen molar-refractivity contribution in [2.75, 3.05) is 18.1 Å². The number of para-hydroxylation sites is 1. The quantitative estimate of drug-likeness (QED) is 0.711. The molecule has 4 rings (SSSR count). The van der Waals surface area contributed by atoms with Crippen molar-refractivity contribution in [1.82, 2.24) is 0 Å². The smallest absolute Gasteiger partial charge is 0.338 e. The van der Waals surface area contributed by atoms with Gasteiger partial charge < -0.3 is 9.64 Å². The molecule has 2 aromatic rings. The van der Waals surface area contributed by atoms with Gasteiger partial charge in [-0.2, -0.15) is 0 Å². The highest BCUT2D eigenvalue weighted by atomic mass is 32.2. The number of hydrogen-bond acceptors (Lipinski definition) is 4. The first-order valence-electron chi connectivity index (χ1n) is 9.97. The third-order valence-electron chi connectivity index (χ3n) is 5.46. The molecule has 0 radical (unpaired) electrons. The Bertz CT molecular complexity index is 895. The van der Waals surface area contributed by atoms with E-state index in [4.69, 9.17) is 4.74 Å². The van der Waals surface area contributed by atoms with Crippen molar-refractivity contribution < 1.29 is 14.3 Å². The maximum absolute atomic E-state index is 12.8.